The third-order valence-electron chi connectivity index (χ3n) is 4.83. The summed E-state index contributed by atoms with van der Waals surface area (Å²) in [6.45, 7) is 0.942. The molecule has 5 nitrogen and oxygen atoms in total. The second kappa shape index (κ2) is 8.66. The molecule has 0 radical (unpaired) electrons. The summed E-state index contributed by atoms with van der Waals surface area (Å²) in [7, 11) is 0. The summed E-state index contributed by atoms with van der Waals surface area (Å²) in [5.74, 6) is -1.14. The molecule has 0 spiro atoms. The van der Waals surface area contributed by atoms with Gasteiger partial charge in [0.15, 0.2) is 0 Å². The van der Waals surface area contributed by atoms with Crippen molar-refractivity contribution >= 4 is 12.0 Å². The van der Waals surface area contributed by atoms with E-state index in [0.717, 1.165) is 16.7 Å². The van der Waals surface area contributed by atoms with Crippen LogP contribution >= 0.6 is 0 Å². The number of nitrogens with one attached hydrogen (secondary N) is 1. The van der Waals surface area contributed by atoms with Crippen molar-refractivity contribution in [1.82, 2.24) is 10.2 Å². The highest BCUT2D eigenvalue weighted by molar-refractivity contribution is 5.75. The van der Waals surface area contributed by atoms with Crippen molar-refractivity contribution in [3.8, 4) is 0 Å². The second-order valence-electron chi connectivity index (χ2n) is 6.85. The van der Waals surface area contributed by atoms with E-state index in [1.165, 1.54) is 12.1 Å². The molecule has 0 aliphatic carbocycles. The Morgan fingerprint density at radius 2 is 1.93 bits per heavy atom. The van der Waals surface area contributed by atoms with Gasteiger partial charge in [-0.05, 0) is 48.1 Å². The first-order valence-corrected chi connectivity index (χ1v) is 9.10. The molecule has 1 aliphatic rings. The number of aliphatic carboxylic acids is 1. The molecule has 3 rings (SSSR count). The number of fused-ring (bicyclic) bond motifs is 1. The van der Waals surface area contributed by atoms with Crippen molar-refractivity contribution in [2.45, 2.75) is 38.3 Å². The highest BCUT2D eigenvalue weighted by Crippen LogP contribution is 2.20. The topological polar surface area (TPSA) is 69.6 Å². The molecule has 0 aromatic heterocycles. The van der Waals surface area contributed by atoms with E-state index >= 15 is 0 Å². The van der Waals surface area contributed by atoms with Gasteiger partial charge >= 0.3 is 12.0 Å². The third-order valence-corrected chi connectivity index (χ3v) is 4.83. The molecule has 27 heavy (non-hydrogen) atoms. The van der Waals surface area contributed by atoms with Gasteiger partial charge in [-0.15, -0.1) is 0 Å². The minimum atomic E-state index is -0.878. The number of urea groups is 1. The van der Waals surface area contributed by atoms with E-state index in [9.17, 15) is 14.0 Å². The van der Waals surface area contributed by atoms with Gasteiger partial charge in [0.2, 0.25) is 0 Å². The Balaban J connectivity index is 1.64. The number of benzene rings is 2. The fraction of sp³-hybridized carbons (Fsp3) is 0.333. The molecule has 2 aromatic carbocycles. The molecular weight excluding hydrogens is 347 g/mol. The summed E-state index contributed by atoms with van der Waals surface area (Å²) in [6, 6.07) is 13.9. The minimum absolute atomic E-state index is 0.000109. The Labute approximate surface area is 157 Å². The van der Waals surface area contributed by atoms with Gasteiger partial charge in [-0.3, -0.25) is 4.79 Å². The number of hydrogen-bond donors (Lipinski definition) is 2. The monoisotopic (exact) mass is 370 g/mol. The molecule has 1 unspecified atom stereocenters. The Bertz CT molecular complexity index is 810. The first kappa shape index (κ1) is 18.9. The standard InChI is InChI=1S/C21H23FN2O3/c22-18-7-6-17-14-24(11-10-16(17)13-18)21(27)23-19(8-9-20(25)26)12-15-4-2-1-3-5-15/h1-7,13,19H,8-12,14H2,(H,23,27)(H,25,26). The zero-order chi connectivity index (χ0) is 19.2. The number of carboxylic acid groups (broad SMARTS) is 1. The lowest BCUT2D eigenvalue weighted by Gasteiger charge is -2.31. The van der Waals surface area contributed by atoms with Crippen LogP contribution in [0.4, 0.5) is 9.18 Å². The van der Waals surface area contributed by atoms with Gasteiger partial charge in [-0.2, -0.15) is 0 Å². The molecule has 0 bridgehead atoms. The predicted octanol–water partition coefficient (Wildman–Crippen LogP) is 3.37. The maximum absolute atomic E-state index is 13.3. The molecular formula is C21H23FN2O3. The van der Waals surface area contributed by atoms with Crippen LogP contribution in [0.2, 0.25) is 0 Å². The van der Waals surface area contributed by atoms with Crippen LogP contribution in [-0.4, -0.2) is 34.6 Å². The van der Waals surface area contributed by atoms with E-state index in [0.29, 0.717) is 32.4 Å². The third kappa shape index (κ3) is 5.29. The highest BCUT2D eigenvalue weighted by atomic mass is 19.1. The van der Waals surface area contributed by atoms with Gasteiger partial charge in [0.05, 0.1) is 0 Å². The van der Waals surface area contributed by atoms with E-state index in [4.69, 9.17) is 5.11 Å². The first-order chi connectivity index (χ1) is 13.0. The van der Waals surface area contributed by atoms with Crippen LogP contribution in [0.25, 0.3) is 0 Å². The molecule has 0 fully saturated rings. The average Bonchev–Trinajstić information content (AvgIpc) is 2.66. The van der Waals surface area contributed by atoms with Crippen molar-refractivity contribution in [2.24, 2.45) is 0 Å². The van der Waals surface area contributed by atoms with Gasteiger partial charge in [-0.1, -0.05) is 36.4 Å². The van der Waals surface area contributed by atoms with Gasteiger partial charge in [0.1, 0.15) is 5.82 Å². The van der Waals surface area contributed by atoms with Crippen LogP contribution in [0.3, 0.4) is 0 Å². The summed E-state index contributed by atoms with van der Waals surface area (Å²) >= 11 is 0. The number of carbonyl (C=O) groups is 2. The zero-order valence-electron chi connectivity index (χ0n) is 15.0. The molecule has 6 heteroatoms. The lowest BCUT2D eigenvalue weighted by atomic mass is 9.99. The molecule has 0 saturated heterocycles. The predicted molar refractivity (Wildman–Crippen MR) is 99.8 cm³/mol. The van der Waals surface area contributed by atoms with E-state index in [1.807, 2.05) is 30.3 Å². The largest absolute Gasteiger partial charge is 0.481 e. The molecule has 1 aliphatic heterocycles. The Morgan fingerprint density at radius 1 is 1.15 bits per heavy atom. The summed E-state index contributed by atoms with van der Waals surface area (Å²) in [5, 5.41) is 12.0. The van der Waals surface area contributed by atoms with Crippen LogP contribution in [-0.2, 0) is 24.2 Å². The number of amides is 2. The molecule has 1 atom stereocenters. The zero-order valence-corrected chi connectivity index (χ0v) is 15.0. The summed E-state index contributed by atoms with van der Waals surface area (Å²) in [5.41, 5.74) is 2.93. The van der Waals surface area contributed by atoms with E-state index in [1.54, 1.807) is 11.0 Å². The van der Waals surface area contributed by atoms with Crippen molar-refractivity contribution in [3.05, 3.63) is 71.0 Å². The Hall–Kier alpha value is -2.89. The lowest BCUT2D eigenvalue weighted by molar-refractivity contribution is -0.137. The molecule has 0 saturated carbocycles. The SMILES string of the molecule is O=C(O)CCC(Cc1ccccc1)NC(=O)N1CCc2cc(F)ccc2C1. The number of carbonyl (C=O) groups excluding carboxylic acids is 1. The molecule has 142 valence electrons. The Morgan fingerprint density at radius 3 is 2.67 bits per heavy atom. The van der Waals surface area contributed by atoms with E-state index in [2.05, 4.69) is 5.32 Å². The Kier molecular flexibility index (Phi) is 6.06. The molecule has 2 amide bonds. The smallest absolute Gasteiger partial charge is 0.317 e. The molecule has 2 N–H and O–H groups in total. The minimum Gasteiger partial charge on any atom is -0.481 e. The number of hydrogen-bond acceptors (Lipinski definition) is 2. The number of halogens is 1. The van der Waals surface area contributed by atoms with Crippen LogP contribution in [0.1, 0.15) is 29.5 Å². The average molecular weight is 370 g/mol. The van der Waals surface area contributed by atoms with E-state index in [-0.39, 0.29) is 24.3 Å². The van der Waals surface area contributed by atoms with Crippen LogP contribution in [0.5, 0.6) is 0 Å². The van der Waals surface area contributed by atoms with Crippen molar-refractivity contribution in [3.63, 3.8) is 0 Å². The maximum Gasteiger partial charge on any atom is 0.317 e. The quantitative estimate of drug-likeness (QED) is 0.819. The van der Waals surface area contributed by atoms with Crippen LogP contribution in [0, 0.1) is 5.82 Å². The summed E-state index contributed by atoms with van der Waals surface area (Å²) in [4.78, 5) is 25.4. The number of nitrogens with zero attached hydrogens (tertiary/aromatic N) is 1. The highest BCUT2D eigenvalue weighted by Gasteiger charge is 2.23. The van der Waals surface area contributed by atoms with E-state index < -0.39 is 5.97 Å². The fourth-order valence-electron chi connectivity index (χ4n) is 3.38. The van der Waals surface area contributed by atoms with Gasteiger partial charge in [0, 0.05) is 25.6 Å². The number of carboxylic acids is 1. The van der Waals surface area contributed by atoms with Crippen LogP contribution in [0.15, 0.2) is 48.5 Å². The van der Waals surface area contributed by atoms with Gasteiger partial charge in [0.25, 0.3) is 0 Å². The fourth-order valence-corrected chi connectivity index (χ4v) is 3.38. The first-order valence-electron chi connectivity index (χ1n) is 9.10. The second-order valence-corrected chi connectivity index (χ2v) is 6.85. The van der Waals surface area contributed by atoms with Gasteiger partial charge < -0.3 is 15.3 Å². The van der Waals surface area contributed by atoms with Crippen molar-refractivity contribution < 1.29 is 19.1 Å². The molecule has 1 heterocycles. The van der Waals surface area contributed by atoms with Gasteiger partial charge in [-0.25, -0.2) is 9.18 Å². The normalized spacial score (nSPS) is 14.3. The summed E-state index contributed by atoms with van der Waals surface area (Å²) < 4.78 is 13.3. The van der Waals surface area contributed by atoms with Crippen molar-refractivity contribution in [2.75, 3.05) is 6.54 Å². The number of rotatable bonds is 6. The molecule has 2 aromatic rings. The van der Waals surface area contributed by atoms with Crippen molar-refractivity contribution in [1.29, 1.82) is 0 Å². The summed E-state index contributed by atoms with van der Waals surface area (Å²) in [6.07, 6.45) is 1.56. The lowest BCUT2D eigenvalue weighted by Crippen LogP contribution is -2.47. The maximum atomic E-state index is 13.3. The van der Waals surface area contributed by atoms with Crippen LogP contribution < -0.4 is 5.32 Å².